The predicted molar refractivity (Wildman–Crippen MR) is 49.5 cm³/mol. The first kappa shape index (κ1) is 11.7. The molecule has 72 valence electrons. The fraction of sp³-hybridized carbons (Fsp3) is 0.875. The maximum Gasteiger partial charge on any atom is 0.313 e. The number of hydrogen-bond acceptors (Lipinski definition) is 3. The van der Waals surface area contributed by atoms with Crippen molar-refractivity contribution in [2.45, 2.75) is 20.3 Å². The van der Waals surface area contributed by atoms with Crippen molar-refractivity contribution in [3.8, 4) is 0 Å². The SMILES string of the molecule is CCOC(=O)[C@@]1(C)CCNC1.Cl. The van der Waals surface area contributed by atoms with Crippen LogP contribution in [0.3, 0.4) is 0 Å². The first-order valence-electron chi connectivity index (χ1n) is 4.07. The molecule has 1 aliphatic rings. The van der Waals surface area contributed by atoms with Gasteiger partial charge in [0.1, 0.15) is 0 Å². The smallest absolute Gasteiger partial charge is 0.313 e. The number of rotatable bonds is 2. The molecule has 1 aliphatic heterocycles. The number of carbonyl (C=O) groups excluding carboxylic acids is 1. The van der Waals surface area contributed by atoms with Gasteiger partial charge in [0.2, 0.25) is 0 Å². The molecule has 0 amide bonds. The van der Waals surface area contributed by atoms with Gasteiger partial charge in [-0.2, -0.15) is 0 Å². The summed E-state index contributed by atoms with van der Waals surface area (Å²) in [7, 11) is 0. The summed E-state index contributed by atoms with van der Waals surface area (Å²) in [4.78, 5) is 11.3. The van der Waals surface area contributed by atoms with Crippen molar-refractivity contribution < 1.29 is 9.53 Å². The Kier molecular flexibility index (Phi) is 4.57. The average molecular weight is 194 g/mol. The van der Waals surface area contributed by atoms with Crippen LogP contribution in [0.5, 0.6) is 0 Å². The Hall–Kier alpha value is -0.280. The Morgan fingerprint density at radius 1 is 1.67 bits per heavy atom. The molecular weight excluding hydrogens is 178 g/mol. The highest BCUT2D eigenvalue weighted by molar-refractivity contribution is 5.85. The summed E-state index contributed by atoms with van der Waals surface area (Å²) in [6.45, 7) is 5.95. The molecule has 0 bridgehead atoms. The fourth-order valence-corrected chi connectivity index (χ4v) is 1.30. The van der Waals surface area contributed by atoms with Gasteiger partial charge in [-0.15, -0.1) is 12.4 Å². The van der Waals surface area contributed by atoms with Crippen LogP contribution in [0.25, 0.3) is 0 Å². The molecule has 0 spiro atoms. The van der Waals surface area contributed by atoms with E-state index in [0.29, 0.717) is 6.61 Å². The van der Waals surface area contributed by atoms with Crippen LogP contribution in [0.1, 0.15) is 20.3 Å². The van der Waals surface area contributed by atoms with Gasteiger partial charge in [0.05, 0.1) is 12.0 Å². The molecular formula is C8H16ClNO2. The Bertz CT molecular complexity index is 155. The van der Waals surface area contributed by atoms with E-state index < -0.39 is 0 Å². The van der Waals surface area contributed by atoms with Gasteiger partial charge in [-0.25, -0.2) is 0 Å². The molecule has 12 heavy (non-hydrogen) atoms. The Balaban J connectivity index is 0.00000121. The van der Waals surface area contributed by atoms with E-state index in [9.17, 15) is 4.79 Å². The van der Waals surface area contributed by atoms with Crippen LogP contribution in [0.15, 0.2) is 0 Å². The second kappa shape index (κ2) is 4.67. The maximum absolute atomic E-state index is 11.3. The van der Waals surface area contributed by atoms with Crippen molar-refractivity contribution in [2.75, 3.05) is 19.7 Å². The van der Waals surface area contributed by atoms with E-state index in [2.05, 4.69) is 5.32 Å². The third-order valence-corrected chi connectivity index (χ3v) is 2.14. The Morgan fingerprint density at radius 2 is 2.33 bits per heavy atom. The minimum Gasteiger partial charge on any atom is -0.466 e. The van der Waals surface area contributed by atoms with Crippen LogP contribution in [-0.2, 0) is 9.53 Å². The van der Waals surface area contributed by atoms with Crippen molar-refractivity contribution >= 4 is 18.4 Å². The Labute approximate surface area is 79.3 Å². The van der Waals surface area contributed by atoms with Crippen molar-refractivity contribution in [1.29, 1.82) is 0 Å². The molecule has 1 fully saturated rings. The standard InChI is InChI=1S/C8H15NO2.ClH/c1-3-11-7(10)8(2)4-5-9-6-8;/h9H,3-6H2,1-2H3;1H/t8-;/m0./s1. The second-order valence-electron chi connectivity index (χ2n) is 3.21. The molecule has 0 aromatic rings. The summed E-state index contributed by atoms with van der Waals surface area (Å²) >= 11 is 0. The van der Waals surface area contributed by atoms with Crippen molar-refractivity contribution in [2.24, 2.45) is 5.41 Å². The van der Waals surface area contributed by atoms with Crippen LogP contribution < -0.4 is 5.32 Å². The molecule has 1 saturated heterocycles. The molecule has 1 atom stereocenters. The first-order valence-corrected chi connectivity index (χ1v) is 4.07. The third-order valence-electron chi connectivity index (χ3n) is 2.14. The third kappa shape index (κ3) is 2.35. The molecule has 1 N–H and O–H groups in total. The number of carbonyl (C=O) groups is 1. The molecule has 0 aliphatic carbocycles. The minimum absolute atomic E-state index is 0. The summed E-state index contributed by atoms with van der Waals surface area (Å²) in [5.74, 6) is -0.0648. The lowest BCUT2D eigenvalue weighted by atomic mass is 9.90. The predicted octanol–water partition coefficient (Wildman–Crippen LogP) is 0.971. The normalized spacial score (nSPS) is 27.8. The van der Waals surface area contributed by atoms with E-state index in [-0.39, 0.29) is 23.8 Å². The average Bonchev–Trinajstić information content (AvgIpc) is 2.38. The highest BCUT2D eigenvalue weighted by atomic mass is 35.5. The van der Waals surface area contributed by atoms with Crippen molar-refractivity contribution in [3.05, 3.63) is 0 Å². The van der Waals surface area contributed by atoms with Crippen LogP contribution in [0.4, 0.5) is 0 Å². The van der Waals surface area contributed by atoms with Crippen LogP contribution in [-0.4, -0.2) is 25.7 Å². The number of nitrogens with one attached hydrogen (secondary N) is 1. The molecule has 0 aromatic heterocycles. The fourth-order valence-electron chi connectivity index (χ4n) is 1.30. The molecule has 3 nitrogen and oxygen atoms in total. The molecule has 0 radical (unpaired) electrons. The Morgan fingerprint density at radius 3 is 2.75 bits per heavy atom. The summed E-state index contributed by atoms with van der Waals surface area (Å²) < 4.78 is 4.95. The van der Waals surface area contributed by atoms with Gasteiger partial charge in [-0.1, -0.05) is 0 Å². The first-order chi connectivity index (χ1) is 5.19. The number of hydrogen-bond donors (Lipinski definition) is 1. The number of ether oxygens (including phenoxy) is 1. The highest BCUT2D eigenvalue weighted by Crippen LogP contribution is 2.25. The summed E-state index contributed by atoms with van der Waals surface area (Å²) in [6, 6.07) is 0. The van der Waals surface area contributed by atoms with Gasteiger partial charge in [-0.3, -0.25) is 4.79 Å². The zero-order chi connectivity index (χ0) is 8.32. The molecule has 0 unspecified atom stereocenters. The van der Waals surface area contributed by atoms with E-state index in [1.165, 1.54) is 0 Å². The minimum atomic E-state index is -0.268. The molecule has 1 rings (SSSR count). The van der Waals surface area contributed by atoms with Gasteiger partial charge < -0.3 is 10.1 Å². The summed E-state index contributed by atoms with van der Waals surface area (Å²) in [5.41, 5.74) is -0.268. The molecule has 0 saturated carbocycles. The quantitative estimate of drug-likeness (QED) is 0.665. The monoisotopic (exact) mass is 193 g/mol. The van der Waals surface area contributed by atoms with Gasteiger partial charge >= 0.3 is 5.97 Å². The van der Waals surface area contributed by atoms with E-state index in [1.807, 2.05) is 13.8 Å². The van der Waals surface area contributed by atoms with Crippen molar-refractivity contribution in [3.63, 3.8) is 0 Å². The molecule has 4 heteroatoms. The maximum atomic E-state index is 11.3. The van der Waals surface area contributed by atoms with E-state index in [1.54, 1.807) is 0 Å². The lowest BCUT2D eigenvalue weighted by molar-refractivity contribution is -0.153. The van der Waals surface area contributed by atoms with Crippen molar-refractivity contribution in [1.82, 2.24) is 5.32 Å². The van der Waals surface area contributed by atoms with Crippen LogP contribution in [0.2, 0.25) is 0 Å². The topological polar surface area (TPSA) is 38.3 Å². The molecule has 1 heterocycles. The molecule has 0 aromatic carbocycles. The van der Waals surface area contributed by atoms with E-state index in [0.717, 1.165) is 19.5 Å². The van der Waals surface area contributed by atoms with E-state index in [4.69, 9.17) is 4.74 Å². The van der Waals surface area contributed by atoms with Gasteiger partial charge in [-0.05, 0) is 26.8 Å². The zero-order valence-electron chi connectivity index (χ0n) is 7.55. The summed E-state index contributed by atoms with van der Waals surface area (Å²) in [5, 5.41) is 3.15. The van der Waals surface area contributed by atoms with E-state index >= 15 is 0 Å². The number of halogens is 1. The second-order valence-corrected chi connectivity index (χ2v) is 3.21. The van der Waals surface area contributed by atoms with Gasteiger partial charge in [0.15, 0.2) is 0 Å². The zero-order valence-corrected chi connectivity index (χ0v) is 8.37. The number of esters is 1. The van der Waals surface area contributed by atoms with Gasteiger partial charge in [0.25, 0.3) is 0 Å². The lowest BCUT2D eigenvalue weighted by Crippen LogP contribution is -2.31. The largest absolute Gasteiger partial charge is 0.466 e. The van der Waals surface area contributed by atoms with Crippen LogP contribution in [0, 0.1) is 5.41 Å². The van der Waals surface area contributed by atoms with Gasteiger partial charge in [0, 0.05) is 6.54 Å². The van der Waals surface area contributed by atoms with Crippen LogP contribution >= 0.6 is 12.4 Å². The highest BCUT2D eigenvalue weighted by Gasteiger charge is 2.37. The lowest BCUT2D eigenvalue weighted by Gasteiger charge is -2.19. The summed E-state index contributed by atoms with van der Waals surface area (Å²) in [6.07, 6.45) is 0.895.